The Bertz CT molecular complexity index is 1330. The maximum Gasteiger partial charge on any atom is 0.416 e. The van der Waals surface area contributed by atoms with Crippen LogP contribution in [-0.2, 0) is 44.9 Å². The van der Waals surface area contributed by atoms with Crippen LogP contribution in [-0.4, -0.2) is 31.2 Å². The molecule has 220 valence electrons. The first-order valence-corrected chi connectivity index (χ1v) is 13.9. The number of alkyl halides is 3. The Morgan fingerprint density at radius 1 is 0.643 bits per heavy atom. The molecule has 5 rings (SSSR count). The lowest BCUT2D eigenvalue weighted by Gasteiger charge is -2.41. The highest BCUT2D eigenvalue weighted by Gasteiger charge is 2.42. The van der Waals surface area contributed by atoms with Gasteiger partial charge in [0, 0.05) is 6.42 Å². The van der Waals surface area contributed by atoms with Crippen LogP contribution in [0.1, 0.15) is 28.7 Å². The van der Waals surface area contributed by atoms with Gasteiger partial charge >= 0.3 is 6.18 Å². The summed E-state index contributed by atoms with van der Waals surface area (Å²) in [5.41, 5.74) is 2.28. The molecule has 4 aromatic rings. The lowest BCUT2D eigenvalue weighted by molar-refractivity contribution is -0.257. The SMILES string of the molecule is FC(F)(F)c1ccc(O[C@H]2CC(OCc3ccccc3)[C@H](OCc3ccccc3)C(COCc3ccccc3)O2)cc1. The van der Waals surface area contributed by atoms with Gasteiger partial charge in [-0.05, 0) is 41.0 Å². The topological polar surface area (TPSA) is 46.2 Å². The zero-order valence-corrected chi connectivity index (χ0v) is 23.0. The van der Waals surface area contributed by atoms with Crippen LogP contribution in [0.5, 0.6) is 5.75 Å². The van der Waals surface area contributed by atoms with E-state index in [-0.39, 0.29) is 12.4 Å². The van der Waals surface area contributed by atoms with Crippen LogP contribution in [0.3, 0.4) is 0 Å². The van der Waals surface area contributed by atoms with Crippen molar-refractivity contribution in [3.63, 3.8) is 0 Å². The van der Waals surface area contributed by atoms with Gasteiger partial charge in [-0.25, -0.2) is 0 Å². The molecule has 2 unspecified atom stereocenters. The monoisotopic (exact) mass is 578 g/mol. The number of ether oxygens (including phenoxy) is 5. The van der Waals surface area contributed by atoms with E-state index in [2.05, 4.69) is 0 Å². The van der Waals surface area contributed by atoms with Gasteiger partial charge in [-0.2, -0.15) is 13.2 Å². The summed E-state index contributed by atoms with van der Waals surface area (Å²) in [6.07, 6.45) is -6.40. The van der Waals surface area contributed by atoms with Crippen molar-refractivity contribution in [3.05, 3.63) is 138 Å². The Morgan fingerprint density at radius 2 is 1.17 bits per heavy atom. The first-order chi connectivity index (χ1) is 20.4. The van der Waals surface area contributed by atoms with E-state index >= 15 is 0 Å². The first-order valence-electron chi connectivity index (χ1n) is 13.9. The van der Waals surface area contributed by atoms with Crippen LogP contribution in [0.15, 0.2) is 115 Å². The van der Waals surface area contributed by atoms with E-state index in [0.717, 1.165) is 28.8 Å². The maximum atomic E-state index is 13.1. The van der Waals surface area contributed by atoms with Gasteiger partial charge in [0.25, 0.3) is 0 Å². The third-order valence-electron chi connectivity index (χ3n) is 6.92. The second kappa shape index (κ2) is 14.5. The zero-order chi connectivity index (χ0) is 29.2. The number of benzene rings is 4. The molecule has 0 saturated carbocycles. The van der Waals surface area contributed by atoms with E-state index in [0.29, 0.717) is 26.2 Å². The first kappa shape index (κ1) is 29.8. The predicted molar refractivity (Wildman–Crippen MR) is 151 cm³/mol. The van der Waals surface area contributed by atoms with E-state index in [1.54, 1.807) is 0 Å². The summed E-state index contributed by atoms with van der Waals surface area (Å²) in [4.78, 5) is 0. The van der Waals surface area contributed by atoms with Crippen molar-refractivity contribution in [1.82, 2.24) is 0 Å². The van der Waals surface area contributed by atoms with Gasteiger partial charge in [0.15, 0.2) is 0 Å². The van der Waals surface area contributed by atoms with Gasteiger partial charge in [-0.15, -0.1) is 0 Å². The molecule has 5 nitrogen and oxygen atoms in total. The van der Waals surface area contributed by atoms with Crippen LogP contribution >= 0.6 is 0 Å². The molecule has 0 N–H and O–H groups in total. The van der Waals surface area contributed by atoms with Crippen molar-refractivity contribution in [2.75, 3.05) is 6.61 Å². The highest BCUT2D eigenvalue weighted by molar-refractivity contribution is 5.29. The number of rotatable bonds is 12. The van der Waals surface area contributed by atoms with Gasteiger partial charge in [-0.1, -0.05) is 91.0 Å². The number of halogens is 3. The molecule has 0 bridgehead atoms. The molecule has 1 aliphatic heterocycles. The number of hydrogen-bond acceptors (Lipinski definition) is 5. The van der Waals surface area contributed by atoms with Gasteiger partial charge < -0.3 is 23.7 Å². The predicted octanol–water partition coefficient (Wildman–Crippen LogP) is 7.59. The summed E-state index contributed by atoms with van der Waals surface area (Å²) < 4.78 is 70.5. The molecule has 1 aliphatic rings. The van der Waals surface area contributed by atoms with Crippen molar-refractivity contribution in [1.29, 1.82) is 0 Å². The summed E-state index contributed by atoms with van der Waals surface area (Å²) >= 11 is 0. The Balaban J connectivity index is 1.34. The summed E-state index contributed by atoms with van der Waals surface area (Å²) in [6.45, 7) is 1.28. The molecule has 0 aliphatic carbocycles. The lowest BCUT2D eigenvalue weighted by atomic mass is 10.0. The second-order valence-electron chi connectivity index (χ2n) is 10.1. The average molecular weight is 579 g/mol. The van der Waals surface area contributed by atoms with Gasteiger partial charge in [0.05, 0.1) is 38.1 Å². The molecule has 0 aromatic heterocycles. The molecule has 1 heterocycles. The third-order valence-corrected chi connectivity index (χ3v) is 6.92. The van der Waals surface area contributed by atoms with Crippen LogP contribution in [0, 0.1) is 0 Å². The largest absolute Gasteiger partial charge is 0.465 e. The molecule has 0 radical (unpaired) electrons. The minimum absolute atomic E-state index is 0.201. The Kier molecular flexibility index (Phi) is 10.3. The van der Waals surface area contributed by atoms with Crippen LogP contribution < -0.4 is 4.74 Å². The van der Waals surface area contributed by atoms with E-state index in [1.807, 2.05) is 91.0 Å². The zero-order valence-electron chi connectivity index (χ0n) is 23.0. The molecule has 4 aromatic carbocycles. The minimum atomic E-state index is -4.43. The van der Waals surface area contributed by atoms with Crippen LogP contribution in [0.2, 0.25) is 0 Å². The molecule has 4 atom stereocenters. The average Bonchev–Trinajstić information content (AvgIpc) is 3.01. The van der Waals surface area contributed by atoms with E-state index in [4.69, 9.17) is 23.7 Å². The van der Waals surface area contributed by atoms with Gasteiger partial charge in [0.2, 0.25) is 6.29 Å². The molecule has 1 fully saturated rings. The van der Waals surface area contributed by atoms with E-state index in [9.17, 15) is 13.2 Å². The molecular weight excluding hydrogens is 545 g/mol. The summed E-state index contributed by atoms with van der Waals surface area (Å²) in [6, 6.07) is 34.0. The van der Waals surface area contributed by atoms with Crippen LogP contribution in [0.4, 0.5) is 13.2 Å². The van der Waals surface area contributed by atoms with Crippen molar-refractivity contribution in [2.45, 2.75) is 57.0 Å². The third kappa shape index (κ3) is 8.66. The molecule has 0 spiro atoms. The molecule has 8 heteroatoms. The molecule has 42 heavy (non-hydrogen) atoms. The fourth-order valence-corrected chi connectivity index (χ4v) is 4.76. The fraction of sp³-hybridized carbons (Fsp3) is 0.294. The quantitative estimate of drug-likeness (QED) is 0.173. The highest BCUT2D eigenvalue weighted by atomic mass is 19.4. The van der Waals surface area contributed by atoms with Gasteiger partial charge in [-0.3, -0.25) is 0 Å². The smallest absolute Gasteiger partial charge is 0.416 e. The molecule has 1 saturated heterocycles. The lowest BCUT2D eigenvalue weighted by Crippen LogP contribution is -2.53. The summed E-state index contributed by atoms with van der Waals surface area (Å²) in [5.74, 6) is 0.266. The Labute approximate surface area is 243 Å². The second-order valence-corrected chi connectivity index (χ2v) is 10.1. The van der Waals surface area contributed by atoms with Crippen molar-refractivity contribution >= 4 is 0 Å². The Morgan fingerprint density at radius 3 is 1.71 bits per heavy atom. The minimum Gasteiger partial charge on any atom is -0.465 e. The maximum absolute atomic E-state index is 13.1. The fourth-order valence-electron chi connectivity index (χ4n) is 4.76. The molecule has 0 amide bonds. The van der Waals surface area contributed by atoms with Crippen molar-refractivity contribution in [3.8, 4) is 5.75 Å². The molecular formula is C34H33F3O5. The normalized spacial score (nSPS) is 20.7. The van der Waals surface area contributed by atoms with Crippen molar-refractivity contribution in [2.24, 2.45) is 0 Å². The highest BCUT2D eigenvalue weighted by Crippen LogP contribution is 2.32. The van der Waals surface area contributed by atoms with Crippen LogP contribution in [0.25, 0.3) is 0 Å². The standard InChI is InChI=1S/C34H33F3O5/c35-34(36,37)28-16-18-29(19-17-28)41-32-20-30(39-22-26-12-6-2-7-13-26)33(40-23-27-14-8-3-9-15-27)31(42-32)24-38-21-25-10-4-1-5-11-25/h1-19,30-33H,20-24H2/t30?,31?,32-,33+/m1/s1. The van der Waals surface area contributed by atoms with E-state index < -0.39 is 36.3 Å². The van der Waals surface area contributed by atoms with Gasteiger partial charge in [0.1, 0.15) is 18.0 Å². The number of hydrogen-bond donors (Lipinski definition) is 0. The Hall–Kier alpha value is -3.69. The van der Waals surface area contributed by atoms with Crippen molar-refractivity contribution < 1.29 is 36.9 Å². The summed E-state index contributed by atoms with van der Waals surface area (Å²) in [5, 5.41) is 0. The van der Waals surface area contributed by atoms with E-state index in [1.165, 1.54) is 12.1 Å². The summed E-state index contributed by atoms with van der Waals surface area (Å²) in [7, 11) is 0.